The van der Waals surface area contributed by atoms with Crippen molar-refractivity contribution < 1.29 is 0 Å². The highest BCUT2D eigenvalue weighted by molar-refractivity contribution is 6.12. The van der Waals surface area contributed by atoms with Gasteiger partial charge in [-0.05, 0) is 92.7 Å². The van der Waals surface area contributed by atoms with Crippen molar-refractivity contribution in [2.75, 3.05) is 4.90 Å². The molecule has 0 spiro atoms. The molecule has 0 saturated carbocycles. The van der Waals surface area contributed by atoms with Crippen molar-refractivity contribution in [3.8, 4) is 50.2 Å². The predicted octanol–water partition coefficient (Wildman–Crippen LogP) is 16.1. The van der Waals surface area contributed by atoms with E-state index in [0.717, 1.165) is 39.4 Å². The topological polar surface area (TPSA) is 8.17 Å². The summed E-state index contributed by atoms with van der Waals surface area (Å²) in [6, 6.07) is 88.0. The lowest BCUT2D eigenvalue weighted by atomic mass is 9.90. The fourth-order valence-electron chi connectivity index (χ4n) is 9.07. The number of nitrogens with zero attached hydrogens (tertiary/aromatic N) is 2. The Bertz CT molecular complexity index is 3290. The monoisotopic (exact) mass is 764 g/mol. The molecule has 0 radical (unpaired) electrons. The van der Waals surface area contributed by atoms with E-state index in [-0.39, 0.29) is 0 Å². The average Bonchev–Trinajstić information content (AvgIpc) is 3.66. The Kier molecular flexibility index (Phi) is 8.87. The van der Waals surface area contributed by atoms with E-state index >= 15 is 0 Å². The van der Waals surface area contributed by atoms with Crippen LogP contribution in [-0.4, -0.2) is 4.57 Å². The Labute approximate surface area is 350 Å². The fourth-order valence-corrected chi connectivity index (χ4v) is 9.07. The van der Waals surface area contributed by atoms with Crippen molar-refractivity contribution in [1.29, 1.82) is 0 Å². The molecule has 11 aromatic rings. The molecule has 0 N–H and O–H groups in total. The van der Waals surface area contributed by atoms with Gasteiger partial charge in [0.25, 0.3) is 0 Å². The molecule has 0 aliphatic rings. The van der Waals surface area contributed by atoms with Crippen LogP contribution in [0.2, 0.25) is 0 Å². The number of hydrogen-bond donors (Lipinski definition) is 0. The lowest BCUT2D eigenvalue weighted by Crippen LogP contribution is -2.12. The van der Waals surface area contributed by atoms with E-state index < -0.39 is 0 Å². The second-order valence-electron chi connectivity index (χ2n) is 15.3. The number of hydrogen-bond acceptors (Lipinski definition) is 1. The summed E-state index contributed by atoms with van der Waals surface area (Å²) in [5.74, 6) is 0. The fraction of sp³-hybridized carbons (Fsp3) is 0. The van der Waals surface area contributed by atoms with E-state index in [1.165, 1.54) is 60.4 Å². The third-order valence-electron chi connectivity index (χ3n) is 11.8. The number of para-hydroxylation sites is 4. The molecule has 10 aromatic carbocycles. The van der Waals surface area contributed by atoms with Crippen LogP contribution in [0.5, 0.6) is 0 Å². The molecule has 0 aliphatic heterocycles. The van der Waals surface area contributed by atoms with Gasteiger partial charge in [-0.3, -0.25) is 0 Å². The number of benzene rings is 10. The number of fused-ring (bicyclic) bond motifs is 4. The van der Waals surface area contributed by atoms with Crippen LogP contribution in [0, 0.1) is 0 Å². The van der Waals surface area contributed by atoms with Crippen LogP contribution in [0.1, 0.15) is 0 Å². The maximum absolute atomic E-state index is 2.48. The van der Waals surface area contributed by atoms with Gasteiger partial charge in [0.15, 0.2) is 0 Å². The number of anilines is 3. The minimum Gasteiger partial charge on any atom is -0.309 e. The summed E-state index contributed by atoms with van der Waals surface area (Å²) in [7, 11) is 0. The molecule has 2 heteroatoms. The van der Waals surface area contributed by atoms with Gasteiger partial charge < -0.3 is 9.47 Å². The molecule has 1 aromatic heterocycles. The maximum atomic E-state index is 2.48. The summed E-state index contributed by atoms with van der Waals surface area (Å²) in [4.78, 5) is 2.48. The van der Waals surface area contributed by atoms with Crippen molar-refractivity contribution >= 4 is 49.6 Å². The summed E-state index contributed by atoms with van der Waals surface area (Å²) in [5, 5.41) is 4.88. The van der Waals surface area contributed by atoms with Gasteiger partial charge in [-0.1, -0.05) is 194 Å². The molecule has 282 valence electrons. The minimum atomic E-state index is 1.09. The third-order valence-corrected chi connectivity index (χ3v) is 11.8. The van der Waals surface area contributed by atoms with Gasteiger partial charge in [-0.2, -0.15) is 0 Å². The van der Waals surface area contributed by atoms with Gasteiger partial charge in [0.2, 0.25) is 0 Å². The Balaban J connectivity index is 1.17. The first kappa shape index (κ1) is 35.2. The largest absolute Gasteiger partial charge is 0.309 e. The minimum absolute atomic E-state index is 1.09. The van der Waals surface area contributed by atoms with Crippen molar-refractivity contribution in [2.24, 2.45) is 0 Å². The summed E-state index contributed by atoms with van der Waals surface area (Å²) >= 11 is 0. The molecule has 0 unspecified atom stereocenters. The van der Waals surface area contributed by atoms with Crippen molar-refractivity contribution in [2.45, 2.75) is 0 Å². The molecule has 1 heterocycles. The Morgan fingerprint density at radius 3 is 1.53 bits per heavy atom. The zero-order valence-corrected chi connectivity index (χ0v) is 33.0. The van der Waals surface area contributed by atoms with E-state index in [1.54, 1.807) is 0 Å². The Morgan fingerprint density at radius 2 is 0.800 bits per heavy atom. The summed E-state index contributed by atoms with van der Waals surface area (Å²) in [5.41, 5.74) is 16.3. The molecule has 0 amide bonds. The Morgan fingerprint density at radius 1 is 0.300 bits per heavy atom. The van der Waals surface area contributed by atoms with Crippen LogP contribution >= 0.6 is 0 Å². The van der Waals surface area contributed by atoms with Gasteiger partial charge in [0.1, 0.15) is 0 Å². The van der Waals surface area contributed by atoms with Crippen LogP contribution in [0.4, 0.5) is 17.1 Å². The van der Waals surface area contributed by atoms with Crippen molar-refractivity contribution in [1.82, 2.24) is 4.57 Å². The smallest absolute Gasteiger partial charge is 0.0542 e. The number of rotatable bonds is 8. The second kappa shape index (κ2) is 15.1. The van der Waals surface area contributed by atoms with Crippen LogP contribution in [0.15, 0.2) is 243 Å². The predicted molar refractivity (Wildman–Crippen MR) is 255 cm³/mol. The van der Waals surface area contributed by atoms with E-state index in [0.29, 0.717) is 0 Å². The van der Waals surface area contributed by atoms with Gasteiger partial charge in [-0.25, -0.2) is 0 Å². The van der Waals surface area contributed by atoms with E-state index in [4.69, 9.17) is 0 Å². The molecule has 0 aliphatic carbocycles. The number of aromatic nitrogens is 1. The first-order valence-electron chi connectivity index (χ1n) is 20.6. The van der Waals surface area contributed by atoms with Gasteiger partial charge in [0.05, 0.1) is 22.4 Å². The van der Waals surface area contributed by atoms with E-state index in [1.807, 2.05) is 0 Å². The van der Waals surface area contributed by atoms with Crippen LogP contribution in [-0.2, 0) is 0 Å². The van der Waals surface area contributed by atoms with Crippen LogP contribution in [0.25, 0.3) is 82.8 Å². The maximum Gasteiger partial charge on any atom is 0.0542 e. The lowest BCUT2D eigenvalue weighted by Gasteiger charge is -2.30. The van der Waals surface area contributed by atoms with E-state index in [9.17, 15) is 0 Å². The van der Waals surface area contributed by atoms with E-state index in [2.05, 4.69) is 252 Å². The highest BCUT2D eigenvalue weighted by Crippen LogP contribution is 2.48. The highest BCUT2D eigenvalue weighted by atomic mass is 15.1. The molecule has 0 saturated heterocycles. The SMILES string of the molecule is c1ccc(-c2ccc(-c3ccccc3N(c3ccc4c(c3)c3ccccc3n4-c3ccccc3)c3ccccc3-c3cccc4cccc(-c5ccccc5)c34)cc2)cc1. The lowest BCUT2D eigenvalue weighted by molar-refractivity contribution is 1.18. The summed E-state index contributed by atoms with van der Waals surface area (Å²) < 4.78 is 2.39. The van der Waals surface area contributed by atoms with Gasteiger partial charge in [-0.15, -0.1) is 0 Å². The van der Waals surface area contributed by atoms with Crippen LogP contribution in [0.3, 0.4) is 0 Å². The molecule has 60 heavy (non-hydrogen) atoms. The molecule has 11 rings (SSSR count). The standard InChI is InChI=1S/C58H40N2/c1-4-18-41(19-5-1)42-34-36-44(37-35-42)48-26-10-13-31-54(48)60(47-38-39-57-53(40-47)51-28-12-15-33-56(51)59(57)46-24-8-3-9-25-46)55-32-14-11-27-50(55)52-30-17-23-45-22-16-29-49(58(45)52)43-20-6-2-7-21-43/h1-40H. The third kappa shape index (κ3) is 6.14. The molecule has 0 atom stereocenters. The Hall–Kier alpha value is -7.94. The molecular formula is C58H40N2. The zero-order valence-electron chi connectivity index (χ0n) is 33.0. The van der Waals surface area contributed by atoms with Gasteiger partial charge in [0, 0.05) is 33.3 Å². The quantitative estimate of drug-likeness (QED) is 0.150. The van der Waals surface area contributed by atoms with Gasteiger partial charge >= 0.3 is 0 Å². The summed E-state index contributed by atoms with van der Waals surface area (Å²) in [6.07, 6.45) is 0. The van der Waals surface area contributed by atoms with Crippen molar-refractivity contribution in [3.63, 3.8) is 0 Å². The molecular weight excluding hydrogens is 725 g/mol. The highest BCUT2D eigenvalue weighted by Gasteiger charge is 2.23. The first-order valence-corrected chi connectivity index (χ1v) is 20.6. The second-order valence-corrected chi connectivity index (χ2v) is 15.3. The normalized spacial score (nSPS) is 11.3. The van der Waals surface area contributed by atoms with Crippen LogP contribution < -0.4 is 4.90 Å². The molecule has 0 fully saturated rings. The van der Waals surface area contributed by atoms with Crippen molar-refractivity contribution in [3.05, 3.63) is 243 Å². The summed E-state index contributed by atoms with van der Waals surface area (Å²) in [6.45, 7) is 0. The first-order chi connectivity index (χ1) is 29.8. The molecule has 0 bridgehead atoms. The average molecular weight is 765 g/mol. The zero-order chi connectivity index (χ0) is 39.8. The molecule has 2 nitrogen and oxygen atoms in total.